The van der Waals surface area contributed by atoms with Gasteiger partial charge in [0.1, 0.15) is 11.3 Å². The molecule has 0 unspecified atom stereocenters. The number of halogens is 1. The number of hydrogen-bond donors (Lipinski definition) is 0. The molecule has 0 saturated heterocycles. The molecule has 17 heavy (non-hydrogen) atoms. The van der Waals surface area contributed by atoms with Gasteiger partial charge < -0.3 is 4.52 Å². The monoisotopic (exact) mass is 232 g/mol. The SMILES string of the molecule is CCc1nn(-c2ncon2)c2c(F)cccc12. The van der Waals surface area contributed by atoms with Crippen LogP contribution in [0, 0.1) is 5.82 Å². The number of aromatic nitrogens is 4. The summed E-state index contributed by atoms with van der Waals surface area (Å²) in [4.78, 5) is 3.88. The van der Waals surface area contributed by atoms with Gasteiger partial charge in [0.05, 0.1) is 5.69 Å². The van der Waals surface area contributed by atoms with Gasteiger partial charge in [-0.05, 0) is 17.6 Å². The highest BCUT2D eigenvalue weighted by Gasteiger charge is 2.16. The van der Waals surface area contributed by atoms with E-state index in [4.69, 9.17) is 0 Å². The Bertz CT molecular complexity index is 659. The Balaban J connectivity index is 2.39. The van der Waals surface area contributed by atoms with Crippen LogP contribution in [0.15, 0.2) is 29.1 Å². The lowest BCUT2D eigenvalue weighted by molar-refractivity contribution is 0.413. The third-order valence-electron chi connectivity index (χ3n) is 2.60. The molecule has 0 N–H and O–H groups in total. The van der Waals surface area contributed by atoms with Gasteiger partial charge in [-0.2, -0.15) is 14.8 Å². The van der Waals surface area contributed by atoms with E-state index in [9.17, 15) is 4.39 Å². The molecule has 1 aromatic carbocycles. The number of rotatable bonds is 2. The fourth-order valence-electron chi connectivity index (χ4n) is 1.85. The van der Waals surface area contributed by atoms with Crippen molar-refractivity contribution in [2.75, 3.05) is 0 Å². The van der Waals surface area contributed by atoms with Gasteiger partial charge in [0.15, 0.2) is 0 Å². The molecule has 3 aromatic rings. The molecule has 0 radical (unpaired) electrons. The third-order valence-corrected chi connectivity index (χ3v) is 2.60. The maximum Gasteiger partial charge on any atom is 0.291 e. The maximum absolute atomic E-state index is 13.8. The zero-order valence-corrected chi connectivity index (χ0v) is 9.09. The van der Waals surface area contributed by atoms with Crippen LogP contribution < -0.4 is 0 Å². The molecule has 2 aromatic heterocycles. The predicted octanol–water partition coefficient (Wildman–Crippen LogP) is 2.11. The van der Waals surface area contributed by atoms with Gasteiger partial charge in [-0.3, -0.25) is 0 Å². The Labute approximate surface area is 95.9 Å². The molecule has 0 bridgehead atoms. The van der Waals surface area contributed by atoms with Crippen molar-refractivity contribution in [3.05, 3.63) is 36.1 Å². The Kier molecular flexibility index (Phi) is 2.14. The van der Waals surface area contributed by atoms with E-state index in [2.05, 4.69) is 19.8 Å². The van der Waals surface area contributed by atoms with Gasteiger partial charge in [-0.25, -0.2) is 4.39 Å². The average Bonchev–Trinajstić information content (AvgIpc) is 2.95. The number of para-hydroxylation sites is 1. The van der Waals surface area contributed by atoms with Crippen molar-refractivity contribution in [1.82, 2.24) is 19.9 Å². The second-order valence-corrected chi connectivity index (χ2v) is 3.58. The lowest BCUT2D eigenvalue weighted by atomic mass is 10.2. The first-order valence-corrected chi connectivity index (χ1v) is 5.24. The van der Waals surface area contributed by atoms with E-state index in [1.54, 1.807) is 6.07 Å². The smallest absolute Gasteiger partial charge is 0.291 e. The van der Waals surface area contributed by atoms with Crippen LogP contribution in [-0.4, -0.2) is 19.9 Å². The van der Waals surface area contributed by atoms with Crippen LogP contribution in [-0.2, 0) is 6.42 Å². The number of nitrogens with zero attached hydrogens (tertiary/aromatic N) is 4. The molecule has 5 nitrogen and oxygen atoms in total. The Morgan fingerprint density at radius 3 is 3.00 bits per heavy atom. The van der Waals surface area contributed by atoms with Crippen LogP contribution in [0.4, 0.5) is 4.39 Å². The molecule has 0 amide bonds. The van der Waals surface area contributed by atoms with Crippen molar-refractivity contribution in [3.8, 4) is 5.95 Å². The molecule has 2 heterocycles. The van der Waals surface area contributed by atoms with Gasteiger partial charge in [0.2, 0.25) is 6.39 Å². The number of aryl methyl sites for hydroxylation is 1. The van der Waals surface area contributed by atoms with Gasteiger partial charge >= 0.3 is 0 Å². The molecule has 0 aliphatic heterocycles. The molecular formula is C11H9FN4O. The topological polar surface area (TPSA) is 56.7 Å². The molecule has 0 aliphatic rings. The van der Waals surface area contributed by atoms with Crippen LogP contribution in [0.25, 0.3) is 16.9 Å². The van der Waals surface area contributed by atoms with Crippen molar-refractivity contribution in [2.24, 2.45) is 0 Å². The van der Waals surface area contributed by atoms with Crippen LogP contribution in [0.3, 0.4) is 0 Å². The minimum Gasteiger partial charge on any atom is -0.341 e. The van der Waals surface area contributed by atoms with E-state index in [-0.39, 0.29) is 11.8 Å². The van der Waals surface area contributed by atoms with Crippen molar-refractivity contribution in [3.63, 3.8) is 0 Å². The minimum absolute atomic E-state index is 0.236. The van der Waals surface area contributed by atoms with Crippen LogP contribution in [0.1, 0.15) is 12.6 Å². The van der Waals surface area contributed by atoms with Gasteiger partial charge in [-0.1, -0.05) is 19.1 Å². The van der Waals surface area contributed by atoms with E-state index in [0.717, 1.165) is 11.1 Å². The van der Waals surface area contributed by atoms with Crippen molar-refractivity contribution in [2.45, 2.75) is 13.3 Å². The molecule has 3 rings (SSSR count). The fourth-order valence-corrected chi connectivity index (χ4v) is 1.85. The zero-order chi connectivity index (χ0) is 11.8. The Morgan fingerprint density at radius 1 is 1.41 bits per heavy atom. The molecule has 0 fully saturated rings. The number of hydrogen-bond acceptors (Lipinski definition) is 4. The lowest BCUT2D eigenvalue weighted by Gasteiger charge is -1.96. The standard InChI is InChI=1S/C11H9FN4O/c1-2-9-7-4-3-5-8(12)10(7)16(14-9)11-13-6-17-15-11/h3-6H,2H2,1H3. The highest BCUT2D eigenvalue weighted by Crippen LogP contribution is 2.23. The number of benzene rings is 1. The van der Waals surface area contributed by atoms with Crippen LogP contribution >= 0.6 is 0 Å². The van der Waals surface area contributed by atoms with E-state index in [1.807, 2.05) is 13.0 Å². The summed E-state index contributed by atoms with van der Waals surface area (Å²) in [6.07, 6.45) is 1.90. The van der Waals surface area contributed by atoms with E-state index >= 15 is 0 Å². The average molecular weight is 232 g/mol. The molecule has 0 aliphatic carbocycles. The first-order chi connectivity index (χ1) is 8.31. The van der Waals surface area contributed by atoms with Gasteiger partial charge in [0, 0.05) is 5.39 Å². The van der Waals surface area contributed by atoms with Crippen LogP contribution in [0.2, 0.25) is 0 Å². The fraction of sp³-hybridized carbons (Fsp3) is 0.182. The van der Waals surface area contributed by atoms with E-state index < -0.39 is 0 Å². The van der Waals surface area contributed by atoms with Crippen molar-refractivity contribution in [1.29, 1.82) is 0 Å². The molecule has 0 spiro atoms. The van der Waals surface area contributed by atoms with Crippen molar-refractivity contribution >= 4 is 10.9 Å². The normalized spacial score (nSPS) is 11.2. The second kappa shape index (κ2) is 3.65. The number of fused-ring (bicyclic) bond motifs is 1. The predicted molar refractivity (Wildman–Crippen MR) is 58.3 cm³/mol. The largest absolute Gasteiger partial charge is 0.341 e. The quantitative estimate of drug-likeness (QED) is 0.679. The molecule has 6 heteroatoms. The molecule has 0 atom stereocenters. The summed E-state index contributed by atoms with van der Waals surface area (Å²) in [6.45, 7) is 1.97. The summed E-state index contributed by atoms with van der Waals surface area (Å²) in [6, 6.07) is 4.89. The first kappa shape index (κ1) is 9.95. The molecular weight excluding hydrogens is 223 g/mol. The second-order valence-electron chi connectivity index (χ2n) is 3.58. The highest BCUT2D eigenvalue weighted by molar-refractivity contribution is 5.83. The van der Waals surface area contributed by atoms with Gasteiger partial charge in [-0.15, -0.1) is 0 Å². The summed E-state index contributed by atoms with van der Waals surface area (Å²) in [5.74, 6) is -0.112. The molecule has 0 saturated carbocycles. The van der Waals surface area contributed by atoms with Crippen molar-refractivity contribution < 1.29 is 8.91 Å². The highest BCUT2D eigenvalue weighted by atomic mass is 19.1. The first-order valence-electron chi connectivity index (χ1n) is 5.24. The summed E-state index contributed by atoms with van der Waals surface area (Å²) >= 11 is 0. The summed E-state index contributed by atoms with van der Waals surface area (Å²) in [7, 11) is 0. The van der Waals surface area contributed by atoms with E-state index in [0.29, 0.717) is 11.9 Å². The van der Waals surface area contributed by atoms with Crippen LogP contribution in [0.5, 0.6) is 0 Å². The van der Waals surface area contributed by atoms with Gasteiger partial charge in [0.25, 0.3) is 5.95 Å². The summed E-state index contributed by atoms with van der Waals surface area (Å²) in [5.41, 5.74) is 1.19. The molecule has 86 valence electrons. The zero-order valence-electron chi connectivity index (χ0n) is 9.09. The Morgan fingerprint density at radius 2 is 2.29 bits per heavy atom. The van der Waals surface area contributed by atoms with E-state index in [1.165, 1.54) is 17.1 Å². The Hall–Kier alpha value is -2.24. The summed E-state index contributed by atoms with van der Waals surface area (Å²) in [5, 5.41) is 8.75. The lowest BCUT2D eigenvalue weighted by Crippen LogP contribution is -2.00. The summed E-state index contributed by atoms with van der Waals surface area (Å²) < 4.78 is 19.9. The maximum atomic E-state index is 13.8. The minimum atomic E-state index is -0.348. The third kappa shape index (κ3) is 1.41.